The summed E-state index contributed by atoms with van der Waals surface area (Å²) in [5, 5.41) is 3.60. The Morgan fingerprint density at radius 1 is 1.11 bits per heavy atom. The third-order valence-electron chi connectivity index (χ3n) is 6.61. The molecule has 8 heteroatoms. The zero-order chi connectivity index (χ0) is 24.7. The number of hydrogen-bond donors (Lipinski definition) is 1. The van der Waals surface area contributed by atoms with E-state index >= 15 is 0 Å². The molecule has 3 aromatic carbocycles. The molecule has 0 fully saturated rings. The molecule has 35 heavy (non-hydrogen) atoms. The van der Waals surface area contributed by atoms with E-state index in [1.54, 1.807) is 7.11 Å². The number of hydrogen-bond acceptors (Lipinski definition) is 3. The zero-order valence-corrected chi connectivity index (χ0v) is 21.0. The van der Waals surface area contributed by atoms with Crippen LogP contribution in [0.3, 0.4) is 0 Å². The van der Waals surface area contributed by atoms with Gasteiger partial charge in [0.25, 0.3) is 0 Å². The Hall–Kier alpha value is -2.64. The van der Waals surface area contributed by atoms with E-state index in [1.165, 1.54) is 6.07 Å². The van der Waals surface area contributed by atoms with Crippen molar-refractivity contribution in [3.8, 4) is 11.5 Å². The highest BCUT2D eigenvalue weighted by Gasteiger charge is 2.45. The Bertz CT molecular complexity index is 1280. The van der Waals surface area contributed by atoms with Gasteiger partial charge in [0.05, 0.1) is 33.9 Å². The summed E-state index contributed by atoms with van der Waals surface area (Å²) in [6.45, 7) is 0.370. The first-order valence-electron chi connectivity index (χ1n) is 11.1. The maximum atomic E-state index is 13.8. The van der Waals surface area contributed by atoms with Gasteiger partial charge in [0.15, 0.2) is 11.5 Å². The molecule has 2 aliphatic rings. The van der Waals surface area contributed by atoms with Crippen LogP contribution >= 0.6 is 27.5 Å². The maximum absolute atomic E-state index is 13.8. The van der Waals surface area contributed by atoms with Crippen LogP contribution in [0, 0.1) is 5.92 Å². The molecule has 3 nitrogen and oxygen atoms in total. The van der Waals surface area contributed by atoms with Crippen molar-refractivity contribution in [2.75, 3.05) is 12.4 Å². The van der Waals surface area contributed by atoms with E-state index in [4.69, 9.17) is 21.1 Å². The smallest absolute Gasteiger partial charge is 0.416 e. The molecule has 3 aromatic rings. The number of rotatable bonds is 5. The molecular formula is C27H22BrClF3NO2. The fourth-order valence-electron chi connectivity index (χ4n) is 5.04. The standard InChI is InChI=1S/C27H22BrClF3NO2/c1-34-22-13-16(12-20(28)26(22)35-14-15-6-3-2-4-7-15)24-18-9-5-8-17(18)23-19(27(30,31)32)10-11-21(29)25(23)33-24/h2-8,10-13,17-18,24,33H,9,14H2,1H3/t17-,18-,24+/m1/s1. The molecule has 0 saturated carbocycles. The second-order valence-corrected chi connectivity index (χ2v) is 9.93. The van der Waals surface area contributed by atoms with Crippen molar-refractivity contribution in [3.63, 3.8) is 0 Å². The van der Waals surface area contributed by atoms with Gasteiger partial charge in [-0.3, -0.25) is 0 Å². The predicted molar refractivity (Wildman–Crippen MR) is 134 cm³/mol. The third-order valence-corrected chi connectivity index (χ3v) is 7.52. The second kappa shape index (κ2) is 9.43. The van der Waals surface area contributed by atoms with Crippen molar-refractivity contribution in [2.24, 2.45) is 5.92 Å². The number of nitrogens with one attached hydrogen (secondary N) is 1. The minimum Gasteiger partial charge on any atom is -0.493 e. The number of alkyl halides is 3. The Balaban J connectivity index is 1.52. The number of benzene rings is 3. The first kappa shape index (κ1) is 24.1. The van der Waals surface area contributed by atoms with E-state index in [0.29, 0.717) is 34.7 Å². The van der Waals surface area contributed by atoms with Crippen LogP contribution in [0.15, 0.2) is 71.2 Å². The minimum atomic E-state index is -4.46. The summed E-state index contributed by atoms with van der Waals surface area (Å²) in [5.74, 6) is 0.602. The topological polar surface area (TPSA) is 30.5 Å². The largest absolute Gasteiger partial charge is 0.493 e. The average molecular weight is 565 g/mol. The molecule has 0 amide bonds. The highest BCUT2D eigenvalue weighted by Crippen LogP contribution is 2.55. The summed E-state index contributed by atoms with van der Waals surface area (Å²) in [5.41, 5.74) is 1.80. The quantitative estimate of drug-likeness (QED) is 0.315. The molecule has 0 spiro atoms. The monoisotopic (exact) mass is 563 g/mol. The number of anilines is 1. The molecular weight excluding hydrogens is 543 g/mol. The first-order chi connectivity index (χ1) is 16.8. The van der Waals surface area contributed by atoms with Gasteiger partial charge >= 0.3 is 6.18 Å². The summed E-state index contributed by atoms with van der Waals surface area (Å²) in [4.78, 5) is 0. The number of allylic oxidation sites excluding steroid dienone is 2. The molecule has 1 heterocycles. The van der Waals surface area contributed by atoms with Gasteiger partial charge in [-0.05, 0) is 69.2 Å². The van der Waals surface area contributed by atoms with Crippen molar-refractivity contribution >= 4 is 33.2 Å². The number of fused-ring (bicyclic) bond motifs is 3. The van der Waals surface area contributed by atoms with Crippen molar-refractivity contribution in [2.45, 2.75) is 31.2 Å². The molecule has 182 valence electrons. The Labute approximate surface area is 215 Å². The van der Waals surface area contributed by atoms with Gasteiger partial charge in [-0.1, -0.05) is 54.1 Å². The van der Waals surface area contributed by atoms with Gasteiger partial charge in [-0.25, -0.2) is 0 Å². The molecule has 0 bridgehead atoms. The lowest BCUT2D eigenvalue weighted by Gasteiger charge is -2.39. The van der Waals surface area contributed by atoms with Crippen molar-refractivity contribution < 1.29 is 22.6 Å². The Morgan fingerprint density at radius 3 is 2.60 bits per heavy atom. The second-order valence-electron chi connectivity index (χ2n) is 8.67. The fraction of sp³-hybridized carbons (Fsp3) is 0.259. The maximum Gasteiger partial charge on any atom is 0.416 e. The van der Waals surface area contributed by atoms with Gasteiger partial charge in [0.2, 0.25) is 0 Å². The zero-order valence-electron chi connectivity index (χ0n) is 18.7. The number of methoxy groups -OCH3 is 1. The molecule has 1 aliphatic carbocycles. The fourth-order valence-corrected chi connectivity index (χ4v) is 5.83. The summed E-state index contributed by atoms with van der Waals surface area (Å²) in [6.07, 6.45) is 0.00223. The first-order valence-corrected chi connectivity index (χ1v) is 12.3. The van der Waals surface area contributed by atoms with Gasteiger partial charge < -0.3 is 14.8 Å². The summed E-state index contributed by atoms with van der Waals surface area (Å²) in [6, 6.07) is 15.7. The lowest BCUT2D eigenvalue weighted by Crippen LogP contribution is -2.31. The summed E-state index contributed by atoms with van der Waals surface area (Å²) >= 11 is 10.0. The van der Waals surface area contributed by atoms with Gasteiger partial charge in [0, 0.05) is 5.92 Å². The summed E-state index contributed by atoms with van der Waals surface area (Å²) in [7, 11) is 1.57. The van der Waals surface area contributed by atoms with Crippen LogP contribution in [-0.4, -0.2) is 7.11 Å². The Morgan fingerprint density at radius 2 is 1.89 bits per heavy atom. The molecule has 5 rings (SSSR count). The molecule has 0 radical (unpaired) electrons. The molecule has 1 aliphatic heterocycles. The number of halogens is 5. The van der Waals surface area contributed by atoms with Crippen LogP contribution in [0.1, 0.15) is 40.6 Å². The Kier molecular flexibility index (Phi) is 6.49. The van der Waals surface area contributed by atoms with Crippen LogP contribution in [0.5, 0.6) is 11.5 Å². The third kappa shape index (κ3) is 4.52. The predicted octanol–water partition coefficient (Wildman–Crippen LogP) is 8.54. The normalized spacial score (nSPS) is 20.7. The van der Waals surface area contributed by atoms with E-state index < -0.39 is 17.7 Å². The van der Waals surface area contributed by atoms with Crippen LogP contribution in [-0.2, 0) is 12.8 Å². The number of ether oxygens (including phenoxy) is 2. The molecule has 1 N–H and O–H groups in total. The lowest BCUT2D eigenvalue weighted by molar-refractivity contribution is -0.138. The van der Waals surface area contributed by atoms with E-state index in [-0.39, 0.29) is 22.5 Å². The SMILES string of the molecule is COc1cc([C@@H]2Nc3c(Cl)ccc(C(F)(F)F)c3[C@@H]3C=CC[C@H]32)cc(Br)c1OCc1ccccc1. The molecule has 0 unspecified atom stereocenters. The van der Waals surface area contributed by atoms with E-state index in [1.807, 2.05) is 54.6 Å². The molecule has 3 atom stereocenters. The van der Waals surface area contributed by atoms with E-state index in [0.717, 1.165) is 17.2 Å². The van der Waals surface area contributed by atoms with Gasteiger partial charge in [-0.15, -0.1) is 0 Å². The van der Waals surface area contributed by atoms with Crippen molar-refractivity contribution in [3.05, 3.63) is 98.5 Å². The highest BCUT2D eigenvalue weighted by molar-refractivity contribution is 9.10. The average Bonchev–Trinajstić information content (AvgIpc) is 3.33. The van der Waals surface area contributed by atoms with Gasteiger partial charge in [0.1, 0.15) is 6.61 Å². The molecule has 0 saturated heterocycles. The molecule has 0 aromatic heterocycles. The van der Waals surface area contributed by atoms with Crippen LogP contribution in [0.25, 0.3) is 0 Å². The van der Waals surface area contributed by atoms with Crippen LogP contribution in [0.4, 0.5) is 18.9 Å². The minimum absolute atomic E-state index is 0.102. The lowest BCUT2D eigenvalue weighted by atomic mass is 9.75. The van der Waals surface area contributed by atoms with Crippen molar-refractivity contribution in [1.82, 2.24) is 0 Å². The van der Waals surface area contributed by atoms with Crippen LogP contribution in [0.2, 0.25) is 5.02 Å². The highest BCUT2D eigenvalue weighted by atomic mass is 79.9. The van der Waals surface area contributed by atoms with E-state index in [9.17, 15) is 13.2 Å². The summed E-state index contributed by atoms with van der Waals surface area (Å²) < 4.78 is 53.9. The van der Waals surface area contributed by atoms with Crippen molar-refractivity contribution in [1.29, 1.82) is 0 Å². The van der Waals surface area contributed by atoms with Gasteiger partial charge in [-0.2, -0.15) is 13.2 Å². The van der Waals surface area contributed by atoms with E-state index in [2.05, 4.69) is 21.2 Å². The van der Waals surface area contributed by atoms with Crippen LogP contribution < -0.4 is 14.8 Å².